The summed E-state index contributed by atoms with van der Waals surface area (Å²) in [5, 5.41) is 14.3. The number of carbonyl (C=O) groups excluding carboxylic acids is 2. The minimum Gasteiger partial charge on any atom is -0.480 e. The summed E-state index contributed by atoms with van der Waals surface area (Å²) in [7, 11) is 0. The van der Waals surface area contributed by atoms with Gasteiger partial charge in [0.15, 0.2) is 0 Å². The highest BCUT2D eigenvalue weighted by Crippen LogP contribution is 2.14. The van der Waals surface area contributed by atoms with E-state index in [4.69, 9.17) is 0 Å². The Bertz CT molecular complexity index is 694. The van der Waals surface area contributed by atoms with Gasteiger partial charge in [0.05, 0.1) is 12.9 Å². The number of rotatable bonds is 24. The Balaban J connectivity index is 1.90. The normalized spacial score (nSPS) is 11.8. The number of carboxylic acids is 1. The third-order valence-electron chi connectivity index (χ3n) is 6.57. The molecule has 0 aromatic carbocycles. The molecule has 0 aliphatic heterocycles. The van der Waals surface area contributed by atoms with Crippen LogP contribution >= 0.6 is 0 Å². The zero-order valence-corrected chi connectivity index (χ0v) is 22.5. The van der Waals surface area contributed by atoms with Crippen LogP contribution in [0.2, 0.25) is 0 Å². The van der Waals surface area contributed by atoms with Gasteiger partial charge in [-0.2, -0.15) is 0 Å². The number of unbranched alkanes of at least 4 members (excludes halogenated alkanes) is 16. The van der Waals surface area contributed by atoms with Crippen molar-refractivity contribution >= 4 is 17.8 Å². The molecule has 4 N–H and O–H groups in total. The number of H-pyrrole nitrogens is 1. The summed E-state index contributed by atoms with van der Waals surface area (Å²) in [6.45, 7) is 2.05. The summed E-state index contributed by atoms with van der Waals surface area (Å²) in [5.41, 5.74) is 0.616. The third-order valence-corrected chi connectivity index (χ3v) is 6.57. The number of carbonyl (C=O) groups is 3. The predicted molar refractivity (Wildman–Crippen MR) is 144 cm³/mol. The Morgan fingerprint density at radius 3 is 1.75 bits per heavy atom. The first kappa shape index (κ1) is 31.6. The van der Waals surface area contributed by atoms with Crippen LogP contribution in [-0.2, 0) is 20.8 Å². The third kappa shape index (κ3) is 18.0. The first-order valence-corrected chi connectivity index (χ1v) is 14.3. The zero-order valence-electron chi connectivity index (χ0n) is 22.5. The van der Waals surface area contributed by atoms with E-state index < -0.39 is 17.9 Å². The fraction of sp³-hybridized carbons (Fsp3) is 0.786. The molecule has 0 radical (unpaired) electrons. The van der Waals surface area contributed by atoms with E-state index in [1.54, 1.807) is 0 Å². The molecule has 2 amide bonds. The standard InChI is InChI=1S/C28H50N4O4/c1-2-3-4-5-6-7-8-9-10-11-12-13-14-15-16-17-18-19-26(33)30-22-27(34)32-25(28(35)36)20-24-21-29-23-31-24/h21,23,25H,2-20,22H2,1H3,(H,29,31)(H,30,33)(H,32,34)(H,35,36)/t25-/m0/s1. The van der Waals surface area contributed by atoms with Crippen LogP contribution in [0.3, 0.4) is 0 Å². The number of imidazole rings is 1. The lowest BCUT2D eigenvalue weighted by Gasteiger charge is -2.14. The maximum Gasteiger partial charge on any atom is 0.326 e. The molecule has 1 aromatic heterocycles. The summed E-state index contributed by atoms with van der Waals surface area (Å²) in [6, 6.07) is -1.07. The maximum atomic E-state index is 12.0. The lowest BCUT2D eigenvalue weighted by molar-refractivity contribution is -0.141. The number of carboxylic acid groups (broad SMARTS) is 1. The second-order valence-electron chi connectivity index (χ2n) is 9.92. The average Bonchev–Trinajstić information content (AvgIpc) is 3.37. The van der Waals surface area contributed by atoms with Crippen molar-refractivity contribution in [2.24, 2.45) is 0 Å². The largest absolute Gasteiger partial charge is 0.480 e. The van der Waals surface area contributed by atoms with E-state index >= 15 is 0 Å². The van der Waals surface area contributed by atoms with E-state index in [2.05, 4.69) is 27.5 Å². The molecule has 1 aromatic rings. The Labute approximate surface area is 217 Å². The maximum absolute atomic E-state index is 12.0. The van der Waals surface area contributed by atoms with Crippen LogP contribution in [0.1, 0.15) is 128 Å². The molecule has 0 fully saturated rings. The average molecular weight is 507 g/mol. The van der Waals surface area contributed by atoms with E-state index in [-0.39, 0.29) is 18.9 Å². The molecule has 1 rings (SSSR count). The predicted octanol–water partition coefficient (Wildman–Crippen LogP) is 5.68. The fourth-order valence-corrected chi connectivity index (χ4v) is 4.34. The Morgan fingerprint density at radius 2 is 1.31 bits per heavy atom. The molecule has 0 spiro atoms. The van der Waals surface area contributed by atoms with Crippen molar-refractivity contribution < 1.29 is 19.5 Å². The monoisotopic (exact) mass is 506 g/mol. The smallest absolute Gasteiger partial charge is 0.326 e. The van der Waals surface area contributed by atoms with Crippen molar-refractivity contribution in [3.8, 4) is 0 Å². The van der Waals surface area contributed by atoms with Crippen LogP contribution in [0, 0.1) is 0 Å². The van der Waals surface area contributed by atoms with Gasteiger partial charge in [-0.05, 0) is 6.42 Å². The molecule has 0 aliphatic carbocycles. The Kier molecular flexibility index (Phi) is 19.2. The fourth-order valence-electron chi connectivity index (χ4n) is 4.34. The second kappa shape index (κ2) is 21.9. The van der Waals surface area contributed by atoms with Gasteiger partial charge in [0, 0.05) is 24.7 Å². The van der Waals surface area contributed by atoms with Crippen molar-refractivity contribution in [2.75, 3.05) is 6.54 Å². The van der Waals surface area contributed by atoms with Crippen LogP contribution in [0.25, 0.3) is 0 Å². The molecule has 206 valence electrons. The highest BCUT2D eigenvalue weighted by atomic mass is 16.4. The quantitative estimate of drug-likeness (QED) is 0.134. The second-order valence-corrected chi connectivity index (χ2v) is 9.92. The van der Waals surface area contributed by atoms with Crippen LogP contribution in [-0.4, -0.2) is 45.4 Å². The minimum atomic E-state index is -1.13. The molecule has 8 nitrogen and oxygen atoms in total. The summed E-state index contributed by atoms with van der Waals surface area (Å²) < 4.78 is 0. The van der Waals surface area contributed by atoms with Gasteiger partial charge in [0.2, 0.25) is 11.8 Å². The number of nitrogens with one attached hydrogen (secondary N) is 3. The molecule has 36 heavy (non-hydrogen) atoms. The molecule has 0 bridgehead atoms. The van der Waals surface area contributed by atoms with Gasteiger partial charge in [-0.3, -0.25) is 9.59 Å². The van der Waals surface area contributed by atoms with Gasteiger partial charge in [-0.15, -0.1) is 0 Å². The number of hydrogen-bond donors (Lipinski definition) is 4. The van der Waals surface area contributed by atoms with Crippen molar-refractivity contribution in [1.29, 1.82) is 0 Å². The van der Waals surface area contributed by atoms with Crippen LogP contribution < -0.4 is 10.6 Å². The number of hydrogen-bond acceptors (Lipinski definition) is 4. The molecule has 0 saturated carbocycles. The van der Waals surface area contributed by atoms with Crippen molar-refractivity contribution in [3.05, 3.63) is 18.2 Å². The van der Waals surface area contributed by atoms with E-state index in [1.807, 2.05) is 0 Å². The SMILES string of the molecule is CCCCCCCCCCCCCCCCCCCC(=O)NCC(=O)N[C@@H](Cc1cnc[nH]1)C(=O)O. The van der Waals surface area contributed by atoms with Crippen LogP contribution in [0.4, 0.5) is 0 Å². The zero-order chi connectivity index (χ0) is 26.3. The Hall–Kier alpha value is -2.38. The highest BCUT2D eigenvalue weighted by Gasteiger charge is 2.21. The molecular formula is C28H50N4O4. The number of nitrogens with zero attached hydrogens (tertiary/aromatic N) is 1. The summed E-state index contributed by atoms with van der Waals surface area (Å²) in [6.07, 6.45) is 25.5. The molecule has 1 heterocycles. The first-order chi connectivity index (χ1) is 17.5. The molecule has 0 saturated heterocycles. The molecule has 1 atom stereocenters. The van der Waals surface area contributed by atoms with Crippen LogP contribution in [0.5, 0.6) is 0 Å². The van der Waals surface area contributed by atoms with Gasteiger partial charge in [0.25, 0.3) is 0 Å². The number of aromatic nitrogens is 2. The van der Waals surface area contributed by atoms with E-state index in [0.717, 1.165) is 19.3 Å². The minimum absolute atomic E-state index is 0.105. The van der Waals surface area contributed by atoms with Crippen molar-refractivity contribution in [2.45, 2.75) is 135 Å². The summed E-state index contributed by atoms with van der Waals surface area (Å²) in [5.74, 6) is -1.82. The van der Waals surface area contributed by atoms with E-state index in [9.17, 15) is 19.5 Å². The molecule has 8 heteroatoms. The van der Waals surface area contributed by atoms with Gasteiger partial charge in [-0.25, -0.2) is 9.78 Å². The number of amides is 2. The van der Waals surface area contributed by atoms with Gasteiger partial charge in [-0.1, -0.05) is 110 Å². The lowest BCUT2D eigenvalue weighted by Crippen LogP contribution is -2.46. The van der Waals surface area contributed by atoms with E-state index in [1.165, 1.54) is 102 Å². The van der Waals surface area contributed by atoms with Gasteiger partial charge < -0.3 is 20.7 Å². The number of aromatic amines is 1. The lowest BCUT2D eigenvalue weighted by atomic mass is 10.0. The van der Waals surface area contributed by atoms with Gasteiger partial charge in [0.1, 0.15) is 6.04 Å². The topological polar surface area (TPSA) is 124 Å². The van der Waals surface area contributed by atoms with Crippen molar-refractivity contribution in [1.82, 2.24) is 20.6 Å². The summed E-state index contributed by atoms with van der Waals surface area (Å²) in [4.78, 5) is 42.0. The van der Waals surface area contributed by atoms with Gasteiger partial charge >= 0.3 is 5.97 Å². The highest BCUT2D eigenvalue weighted by molar-refractivity contribution is 5.87. The van der Waals surface area contributed by atoms with Crippen LogP contribution in [0.15, 0.2) is 12.5 Å². The van der Waals surface area contributed by atoms with E-state index in [0.29, 0.717) is 12.1 Å². The number of aliphatic carboxylic acids is 1. The van der Waals surface area contributed by atoms with Crippen molar-refractivity contribution in [3.63, 3.8) is 0 Å². The summed E-state index contributed by atoms with van der Waals surface area (Å²) >= 11 is 0. The Morgan fingerprint density at radius 1 is 0.806 bits per heavy atom. The molecule has 0 aliphatic rings. The molecule has 0 unspecified atom stereocenters. The first-order valence-electron chi connectivity index (χ1n) is 14.3. The molecular weight excluding hydrogens is 456 g/mol.